The van der Waals surface area contributed by atoms with Crippen LogP contribution in [0, 0.1) is 13.8 Å². The summed E-state index contributed by atoms with van der Waals surface area (Å²) < 4.78 is 35.6. The minimum absolute atomic E-state index is 0.0601. The lowest BCUT2D eigenvalue weighted by Crippen LogP contribution is -2.18. The van der Waals surface area contributed by atoms with Gasteiger partial charge in [-0.3, -0.25) is 4.72 Å². The fourth-order valence-corrected chi connectivity index (χ4v) is 4.52. The summed E-state index contributed by atoms with van der Waals surface area (Å²) in [6, 6.07) is 13.7. The maximum absolute atomic E-state index is 13.0. The largest absolute Gasteiger partial charge is 0.465 e. The highest BCUT2D eigenvalue weighted by molar-refractivity contribution is 9.10. The highest BCUT2D eigenvalue weighted by Crippen LogP contribution is 2.28. The monoisotopic (exact) mass is 463 g/mol. The van der Waals surface area contributed by atoms with Gasteiger partial charge in [0, 0.05) is 4.47 Å². The second kappa shape index (κ2) is 7.76. The number of rotatable bonds is 5. The summed E-state index contributed by atoms with van der Waals surface area (Å²) in [6.45, 7) is 3.49. The SMILES string of the molecule is COC(=O)c1cc(Br)ccc1S(=O)(=O)Nc1c(C)nn(-c2ccccc2)c1C. The molecule has 1 heterocycles. The average Bonchev–Trinajstić information content (AvgIpc) is 2.95. The third kappa shape index (κ3) is 3.81. The number of carbonyl (C=O) groups is 1. The molecule has 0 aliphatic heterocycles. The lowest BCUT2D eigenvalue weighted by atomic mass is 10.2. The van der Waals surface area contributed by atoms with Crippen LogP contribution in [0.5, 0.6) is 0 Å². The zero-order chi connectivity index (χ0) is 20.5. The number of hydrogen-bond acceptors (Lipinski definition) is 5. The fourth-order valence-electron chi connectivity index (χ4n) is 2.81. The van der Waals surface area contributed by atoms with Crippen LogP contribution in [0.25, 0.3) is 5.69 Å². The molecule has 0 amide bonds. The van der Waals surface area contributed by atoms with Crippen LogP contribution in [0.15, 0.2) is 57.9 Å². The van der Waals surface area contributed by atoms with Crippen molar-refractivity contribution in [3.05, 3.63) is 70.0 Å². The van der Waals surface area contributed by atoms with E-state index in [-0.39, 0.29) is 10.5 Å². The molecule has 146 valence electrons. The number of aromatic nitrogens is 2. The van der Waals surface area contributed by atoms with Gasteiger partial charge in [-0.2, -0.15) is 5.10 Å². The summed E-state index contributed by atoms with van der Waals surface area (Å²) >= 11 is 3.24. The van der Waals surface area contributed by atoms with Crippen molar-refractivity contribution in [2.75, 3.05) is 11.8 Å². The molecule has 0 bridgehead atoms. The van der Waals surface area contributed by atoms with E-state index in [1.165, 1.54) is 19.2 Å². The van der Waals surface area contributed by atoms with Gasteiger partial charge in [-0.1, -0.05) is 34.1 Å². The molecule has 0 saturated heterocycles. The summed E-state index contributed by atoms with van der Waals surface area (Å²) in [7, 11) is -2.86. The minimum atomic E-state index is -4.05. The number of halogens is 1. The number of benzene rings is 2. The van der Waals surface area contributed by atoms with Crippen LogP contribution in [-0.2, 0) is 14.8 Å². The van der Waals surface area contributed by atoms with Crippen molar-refractivity contribution in [1.29, 1.82) is 0 Å². The van der Waals surface area contributed by atoms with E-state index in [4.69, 9.17) is 4.74 Å². The van der Waals surface area contributed by atoms with Crippen molar-refractivity contribution in [3.8, 4) is 5.69 Å². The normalized spacial score (nSPS) is 11.3. The molecule has 7 nitrogen and oxygen atoms in total. The summed E-state index contributed by atoms with van der Waals surface area (Å²) in [6.07, 6.45) is 0. The van der Waals surface area contributed by atoms with Gasteiger partial charge in [0.1, 0.15) is 4.90 Å². The van der Waals surface area contributed by atoms with Gasteiger partial charge in [0.05, 0.1) is 35.4 Å². The van der Waals surface area contributed by atoms with Crippen molar-refractivity contribution in [2.45, 2.75) is 18.7 Å². The number of anilines is 1. The van der Waals surface area contributed by atoms with Crippen molar-refractivity contribution in [3.63, 3.8) is 0 Å². The van der Waals surface area contributed by atoms with Gasteiger partial charge in [-0.25, -0.2) is 17.9 Å². The average molecular weight is 464 g/mol. The molecule has 28 heavy (non-hydrogen) atoms. The molecule has 3 rings (SSSR count). The lowest BCUT2D eigenvalue weighted by molar-refractivity contribution is 0.0596. The molecular weight excluding hydrogens is 446 g/mol. The van der Waals surface area contributed by atoms with Crippen molar-refractivity contribution in [1.82, 2.24) is 9.78 Å². The standard InChI is InChI=1S/C19H18BrN3O4S/c1-12-18(13(2)23(21-12)15-7-5-4-6-8-15)22-28(25,26)17-10-9-14(20)11-16(17)19(24)27-3/h4-11,22H,1-3H3. The Labute approximate surface area is 171 Å². The molecule has 0 unspecified atom stereocenters. The summed E-state index contributed by atoms with van der Waals surface area (Å²) in [5, 5.41) is 4.44. The van der Waals surface area contributed by atoms with Crippen molar-refractivity contribution in [2.24, 2.45) is 0 Å². The molecule has 0 aliphatic carbocycles. The Morgan fingerprint density at radius 2 is 1.82 bits per heavy atom. The van der Waals surface area contributed by atoms with Crippen LogP contribution < -0.4 is 4.72 Å². The number of aryl methyl sites for hydroxylation is 1. The lowest BCUT2D eigenvalue weighted by Gasteiger charge is -2.12. The van der Waals surface area contributed by atoms with Crippen LogP contribution >= 0.6 is 15.9 Å². The molecule has 1 aromatic heterocycles. The van der Waals surface area contributed by atoms with E-state index in [1.54, 1.807) is 24.6 Å². The first-order valence-corrected chi connectivity index (χ1v) is 10.5. The van der Waals surface area contributed by atoms with E-state index >= 15 is 0 Å². The second-order valence-electron chi connectivity index (χ2n) is 6.03. The highest BCUT2D eigenvalue weighted by atomic mass is 79.9. The van der Waals surface area contributed by atoms with Crippen LogP contribution in [0.2, 0.25) is 0 Å². The number of para-hydroxylation sites is 1. The zero-order valence-corrected chi connectivity index (χ0v) is 17.8. The van der Waals surface area contributed by atoms with E-state index < -0.39 is 16.0 Å². The number of carbonyl (C=O) groups excluding carboxylic acids is 1. The number of ether oxygens (including phenoxy) is 1. The Morgan fingerprint density at radius 3 is 2.46 bits per heavy atom. The predicted octanol–water partition coefficient (Wildman–Crippen LogP) is 3.84. The van der Waals surface area contributed by atoms with Gasteiger partial charge in [0.25, 0.3) is 10.0 Å². The smallest absolute Gasteiger partial charge is 0.339 e. The number of methoxy groups -OCH3 is 1. The van der Waals surface area contributed by atoms with E-state index in [0.29, 0.717) is 21.5 Å². The Hall–Kier alpha value is -2.65. The van der Waals surface area contributed by atoms with Crippen LogP contribution in [0.4, 0.5) is 5.69 Å². The second-order valence-corrected chi connectivity index (χ2v) is 8.60. The van der Waals surface area contributed by atoms with Gasteiger partial charge in [0.15, 0.2) is 0 Å². The molecule has 0 saturated carbocycles. The molecule has 1 N–H and O–H groups in total. The van der Waals surface area contributed by atoms with Gasteiger partial charge >= 0.3 is 5.97 Å². The quantitative estimate of drug-likeness (QED) is 0.580. The number of sulfonamides is 1. The number of nitrogens with zero attached hydrogens (tertiary/aromatic N) is 2. The molecule has 3 aromatic rings. The Balaban J connectivity index is 2.06. The Bertz CT molecular complexity index is 1140. The molecular formula is C19H18BrN3O4S. The number of nitrogens with one attached hydrogen (secondary N) is 1. The first kappa shape index (κ1) is 20.1. The Kier molecular flexibility index (Phi) is 5.57. The Morgan fingerprint density at radius 1 is 1.14 bits per heavy atom. The van der Waals surface area contributed by atoms with Gasteiger partial charge < -0.3 is 4.74 Å². The fraction of sp³-hybridized carbons (Fsp3) is 0.158. The highest BCUT2D eigenvalue weighted by Gasteiger charge is 2.26. The van der Waals surface area contributed by atoms with E-state index in [9.17, 15) is 13.2 Å². The van der Waals surface area contributed by atoms with E-state index in [1.807, 2.05) is 30.3 Å². The minimum Gasteiger partial charge on any atom is -0.465 e. The van der Waals surface area contributed by atoms with Crippen molar-refractivity contribution >= 4 is 37.6 Å². The van der Waals surface area contributed by atoms with E-state index in [2.05, 4.69) is 25.8 Å². The molecule has 0 aliphatic rings. The molecule has 2 aromatic carbocycles. The summed E-state index contributed by atoms with van der Waals surface area (Å²) in [5.74, 6) is -0.741. The van der Waals surface area contributed by atoms with E-state index in [0.717, 1.165) is 5.69 Å². The first-order valence-electron chi connectivity index (χ1n) is 8.27. The van der Waals surface area contributed by atoms with Gasteiger partial charge in [0.2, 0.25) is 0 Å². The topological polar surface area (TPSA) is 90.3 Å². The zero-order valence-electron chi connectivity index (χ0n) is 15.4. The third-order valence-electron chi connectivity index (χ3n) is 4.16. The molecule has 9 heteroatoms. The summed E-state index contributed by atoms with van der Waals surface area (Å²) in [4.78, 5) is 11.9. The summed E-state index contributed by atoms with van der Waals surface area (Å²) in [5.41, 5.74) is 2.26. The maximum Gasteiger partial charge on any atom is 0.339 e. The first-order chi connectivity index (χ1) is 13.2. The third-order valence-corrected chi connectivity index (χ3v) is 6.07. The predicted molar refractivity (Wildman–Crippen MR) is 109 cm³/mol. The molecule has 0 atom stereocenters. The number of hydrogen-bond donors (Lipinski definition) is 1. The molecule has 0 radical (unpaired) electrons. The van der Waals surface area contributed by atoms with Crippen LogP contribution in [-0.4, -0.2) is 31.3 Å². The maximum atomic E-state index is 13.0. The molecule has 0 fully saturated rings. The number of esters is 1. The van der Waals surface area contributed by atoms with Gasteiger partial charge in [-0.15, -0.1) is 0 Å². The van der Waals surface area contributed by atoms with Crippen LogP contribution in [0.3, 0.4) is 0 Å². The van der Waals surface area contributed by atoms with Gasteiger partial charge in [-0.05, 0) is 44.2 Å². The van der Waals surface area contributed by atoms with Crippen molar-refractivity contribution < 1.29 is 17.9 Å². The molecule has 0 spiro atoms. The van der Waals surface area contributed by atoms with Crippen LogP contribution in [0.1, 0.15) is 21.7 Å².